The second-order valence-electron chi connectivity index (χ2n) is 39.9. The molecule has 27 rings (SSSR count). The molecule has 21 aromatic carbocycles. The van der Waals surface area contributed by atoms with Crippen LogP contribution in [-0.4, -0.2) is 69.1 Å². The van der Waals surface area contributed by atoms with E-state index in [1.54, 1.807) is 0 Å². The average Bonchev–Trinajstić information content (AvgIpc) is 1.55. The summed E-state index contributed by atoms with van der Waals surface area (Å²) in [6.07, 6.45) is 0. The number of fused-ring (bicyclic) bond motifs is 12. The van der Waals surface area contributed by atoms with Crippen LogP contribution in [0.4, 0.5) is 0 Å². The first kappa shape index (κ1) is 90.4. The first-order valence-electron chi connectivity index (χ1n) is 50.3. The van der Waals surface area contributed by atoms with Gasteiger partial charge < -0.3 is 0 Å². The molecule has 0 radical (unpaired) electrons. The van der Waals surface area contributed by atoms with Crippen LogP contribution in [0.25, 0.3) is 235 Å². The fourth-order valence-corrected chi connectivity index (χ4v) is 31.5. The molecule has 0 spiro atoms. The van der Waals surface area contributed by atoms with E-state index in [4.69, 9.17) is 44.9 Å². The highest BCUT2D eigenvalue weighted by molar-refractivity contribution is 7.05. The van der Waals surface area contributed by atoms with Gasteiger partial charge in [0.25, 0.3) is 0 Å². The Hall–Kier alpha value is -17.9. The number of benzene rings is 21. The van der Waals surface area contributed by atoms with E-state index in [9.17, 15) is 0 Å². The topological polar surface area (TPSA) is 116 Å². The maximum Gasteiger partial charge on any atom is 0.164 e. The molecule has 0 saturated carbocycles. The Morgan fingerprint density at radius 2 is 0.327 bits per heavy atom. The van der Waals surface area contributed by atoms with Crippen molar-refractivity contribution in [1.82, 2.24) is 44.9 Å². The Bertz CT molecular complexity index is 9190. The van der Waals surface area contributed by atoms with Crippen molar-refractivity contribution in [1.29, 1.82) is 0 Å². The maximum atomic E-state index is 5.26. The Labute approximate surface area is 859 Å². The predicted octanol–water partition coefficient (Wildman–Crippen LogP) is 30.5. The highest BCUT2D eigenvalue weighted by atomic mass is 28.3. The van der Waals surface area contributed by atoms with Gasteiger partial charge in [-0.2, -0.15) is 0 Å². The minimum absolute atomic E-state index is 0.659. The molecule has 3 aliphatic heterocycles. The van der Waals surface area contributed by atoms with Crippen LogP contribution in [-0.2, 0) is 0 Å². The molecule has 147 heavy (non-hydrogen) atoms. The molecule has 0 saturated heterocycles. The smallest absolute Gasteiger partial charge is 0.164 e. The highest BCUT2D eigenvalue weighted by Crippen LogP contribution is 2.43. The van der Waals surface area contributed by atoms with E-state index in [0.29, 0.717) is 52.4 Å². The van der Waals surface area contributed by atoms with E-state index in [0.717, 1.165) is 100 Å². The minimum Gasteiger partial charge on any atom is -0.208 e. The standard InChI is InChI=1S/3C45H33N3Si/c1-49(2)41-29-36-18-10-9-17-35(36)28-40(41)38-21-12-22-39(42(38)49)45-47-43(33-25-23-32(24-26-33)30-13-5-3-6-14-30)46-44(48-45)37-20-11-19-34(27-37)31-15-7-4-8-16-31;1-49(2)41-25-24-38(28-39(41)40-27-35-16-9-10-17-36(35)29-42(40)49)45-47-43(33-22-20-32(21-23-33)30-12-5-3-6-13-30)46-44(48-45)37-19-11-18-34(26-37)31-14-7-4-8-15-31;1-49(2)41-29-38(24-25-39(41)40-27-35-16-9-10-17-36(35)28-42(40)49)45-47-43(33-22-20-32(21-23-33)30-12-5-3-6-13-30)46-44(48-45)37-19-11-18-34(26-37)31-14-7-4-8-15-31/h3*3-29H,1-2H3. The maximum absolute atomic E-state index is 5.26. The van der Waals surface area contributed by atoms with Gasteiger partial charge >= 0.3 is 0 Å². The van der Waals surface area contributed by atoms with Crippen molar-refractivity contribution < 1.29 is 0 Å². The molecular formula is C135H99N9Si3. The average molecular weight is 1930 g/mol. The number of rotatable bonds is 15. The van der Waals surface area contributed by atoms with E-state index in [1.165, 1.54) is 114 Å². The molecule has 0 unspecified atom stereocenters. The highest BCUT2D eigenvalue weighted by Gasteiger charge is 2.43. The van der Waals surface area contributed by atoms with Crippen molar-refractivity contribution in [3.63, 3.8) is 0 Å². The van der Waals surface area contributed by atoms with E-state index in [2.05, 4.69) is 494 Å². The summed E-state index contributed by atoms with van der Waals surface area (Å²) in [6.45, 7) is 14.8. The van der Waals surface area contributed by atoms with E-state index >= 15 is 0 Å². The van der Waals surface area contributed by atoms with E-state index in [-0.39, 0.29) is 0 Å². The van der Waals surface area contributed by atoms with Gasteiger partial charge in [0.1, 0.15) is 24.2 Å². The Kier molecular flexibility index (Phi) is 23.2. The summed E-state index contributed by atoms with van der Waals surface area (Å²) in [5.74, 6) is 6.06. The Morgan fingerprint density at radius 1 is 0.116 bits per heavy atom. The molecule has 0 fully saturated rings. The second-order valence-corrected chi connectivity index (χ2v) is 52.9. The van der Waals surface area contributed by atoms with Crippen LogP contribution in [0.3, 0.4) is 0 Å². The third-order valence-electron chi connectivity index (χ3n) is 29.7. The quantitative estimate of drug-likeness (QED) is 0.0925. The molecule has 696 valence electrons. The van der Waals surface area contributed by atoms with Crippen molar-refractivity contribution in [3.05, 3.63) is 491 Å². The molecule has 24 aromatic rings. The molecule has 0 atom stereocenters. The van der Waals surface area contributed by atoms with Gasteiger partial charge in [-0.25, -0.2) is 44.9 Å². The molecule has 3 aliphatic rings. The van der Waals surface area contributed by atoms with Gasteiger partial charge in [0.2, 0.25) is 0 Å². The molecule has 0 N–H and O–H groups in total. The van der Waals surface area contributed by atoms with Crippen LogP contribution in [0, 0.1) is 0 Å². The fourth-order valence-electron chi connectivity index (χ4n) is 21.9. The van der Waals surface area contributed by atoms with Gasteiger partial charge in [-0.05, 0) is 206 Å². The first-order valence-corrected chi connectivity index (χ1v) is 59.3. The molecule has 12 heteroatoms. The van der Waals surface area contributed by atoms with Gasteiger partial charge in [-0.1, -0.05) is 488 Å². The monoisotopic (exact) mass is 1930 g/mol. The number of hydrogen-bond donors (Lipinski definition) is 0. The Morgan fingerprint density at radius 3 is 0.680 bits per heavy atom. The van der Waals surface area contributed by atoms with Gasteiger partial charge in [-0.15, -0.1) is 0 Å². The lowest BCUT2D eigenvalue weighted by Gasteiger charge is -2.22. The summed E-state index contributed by atoms with van der Waals surface area (Å²) in [4.78, 5) is 46.4. The lowest BCUT2D eigenvalue weighted by atomic mass is 9.99. The van der Waals surface area contributed by atoms with Crippen LogP contribution >= 0.6 is 0 Å². The lowest BCUT2D eigenvalue weighted by Crippen LogP contribution is -2.50. The van der Waals surface area contributed by atoms with Gasteiger partial charge in [0.05, 0.1) is 0 Å². The summed E-state index contributed by atoms with van der Waals surface area (Å²) >= 11 is 0. The molecule has 0 amide bonds. The van der Waals surface area contributed by atoms with Crippen LogP contribution in [0.5, 0.6) is 0 Å². The predicted molar refractivity (Wildman–Crippen MR) is 620 cm³/mol. The van der Waals surface area contributed by atoms with Gasteiger partial charge in [0.15, 0.2) is 52.4 Å². The number of aromatic nitrogens is 9. The van der Waals surface area contributed by atoms with Crippen LogP contribution in [0.15, 0.2) is 491 Å². The van der Waals surface area contributed by atoms with Crippen LogP contribution in [0.2, 0.25) is 39.3 Å². The third-order valence-corrected chi connectivity index (χ3v) is 40.3. The molecular weight excluding hydrogens is 1830 g/mol. The minimum atomic E-state index is -2.12. The normalized spacial score (nSPS) is 12.9. The van der Waals surface area contributed by atoms with Crippen LogP contribution < -0.4 is 31.1 Å². The molecule has 9 nitrogen and oxygen atoms in total. The summed E-state index contributed by atoms with van der Waals surface area (Å²) in [5.41, 5.74) is 30.7. The largest absolute Gasteiger partial charge is 0.208 e. The molecule has 6 heterocycles. The number of hydrogen-bond acceptors (Lipinski definition) is 9. The summed E-state index contributed by atoms with van der Waals surface area (Å²) in [6, 6.07) is 175. The van der Waals surface area contributed by atoms with Gasteiger partial charge in [0, 0.05) is 50.1 Å². The zero-order chi connectivity index (χ0) is 98.9. The fraction of sp³-hybridized carbons (Fsp3) is 0.0444. The summed E-state index contributed by atoms with van der Waals surface area (Å²) < 4.78 is 0. The van der Waals surface area contributed by atoms with Crippen molar-refractivity contribution in [2.75, 3.05) is 0 Å². The zero-order valence-electron chi connectivity index (χ0n) is 82.3. The SMILES string of the molecule is C[Si]1(C)c2cc(-c3nc(-c4ccc(-c5ccccc5)cc4)nc(-c4cccc(-c5ccccc5)c4)n3)ccc2-c2cc3ccccc3cc21.C[Si]1(C)c2cc3ccccc3cc2-c2cccc(-c3nc(-c4ccc(-c5ccccc5)cc4)nc(-c4cccc(-c5ccccc5)c4)n3)c21.C[Si]1(C)c2ccc(-c3nc(-c4ccc(-c5ccccc5)cc4)nc(-c4cccc(-c5ccccc5)c4)n3)cc2-c2cc3ccccc3cc21. The molecule has 0 bridgehead atoms. The number of nitrogens with zero attached hydrogens (tertiary/aromatic N) is 9. The van der Waals surface area contributed by atoms with E-state index in [1.807, 2.05) is 36.4 Å². The van der Waals surface area contributed by atoms with Crippen molar-refractivity contribution >= 4 is 87.7 Å². The summed E-state index contributed by atoms with van der Waals surface area (Å²) in [5, 5.41) is 16.5. The van der Waals surface area contributed by atoms with E-state index < -0.39 is 24.2 Å². The second kappa shape index (κ2) is 37.7. The first-order chi connectivity index (χ1) is 72.0. The zero-order valence-corrected chi connectivity index (χ0v) is 85.3. The molecule has 3 aromatic heterocycles. The summed E-state index contributed by atoms with van der Waals surface area (Å²) in [7, 11) is -5.97. The lowest BCUT2D eigenvalue weighted by molar-refractivity contribution is 1.07. The van der Waals surface area contributed by atoms with Crippen molar-refractivity contribution in [2.24, 2.45) is 0 Å². The van der Waals surface area contributed by atoms with Gasteiger partial charge in [-0.3, -0.25) is 0 Å². The molecule has 0 aliphatic carbocycles. The van der Waals surface area contributed by atoms with Crippen LogP contribution in [0.1, 0.15) is 0 Å². The third kappa shape index (κ3) is 17.3. The van der Waals surface area contributed by atoms with Crippen molar-refractivity contribution in [2.45, 2.75) is 39.3 Å². The van der Waals surface area contributed by atoms with Crippen molar-refractivity contribution in [3.8, 4) is 203 Å². The Balaban J connectivity index is 0.000000115.